The van der Waals surface area contributed by atoms with E-state index in [1.165, 1.54) is 0 Å². The first-order valence-corrected chi connectivity index (χ1v) is 4.70. The lowest BCUT2D eigenvalue weighted by Crippen LogP contribution is -2.01. The van der Waals surface area contributed by atoms with Crippen LogP contribution in [0.2, 0.25) is 5.02 Å². The minimum atomic E-state index is 0.669. The van der Waals surface area contributed by atoms with E-state index in [9.17, 15) is 0 Å². The summed E-state index contributed by atoms with van der Waals surface area (Å²) in [6.07, 6.45) is 1.67. The Morgan fingerprint density at radius 1 is 1.29 bits per heavy atom. The van der Waals surface area contributed by atoms with Gasteiger partial charge in [-0.15, -0.1) is 0 Å². The van der Waals surface area contributed by atoms with Gasteiger partial charge in [0.15, 0.2) is 5.82 Å². The van der Waals surface area contributed by atoms with E-state index in [1.807, 2.05) is 19.9 Å². The molecule has 3 nitrogen and oxygen atoms in total. The van der Waals surface area contributed by atoms with Crippen LogP contribution in [0.1, 0.15) is 11.4 Å². The van der Waals surface area contributed by atoms with Gasteiger partial charge in [-0.25, -0.2) is 9.67 Å². The number of aromatic nitrogens is 3. The third kappa shape index (κ3) is 1.63. The standard InChI is InChI=1S/C10H10ClN3/c1-7-5-8(2)14(13-7)10-6-9(11)3-4-12-10/h3-6H,1-2H3. The fourth-order valence-corrected chi connectivity index (χ4v) is 1.52. The van der Waals surface area contributed by atoms with Crippen LogP contribution in [0.25, 0.3) is 5.82 Å². The van der Waals surface area contributed by atoms with Crippen molar-refractivity contribution in [2.45, 2.75) is 13.8 Å². The van der Waals surface area contributed by atoms with Gasteiger partial charge in [0.05, 0.1) is 5.69 Å². The summed E-state index contributed by atoms with van der Waals surface area (Å²) < 4.78 is 1.78. The lowest BCUT2D eigenvalue weighted by atomic mass is 10.4. The van der Waals surface area contributed by atoms with E-state index in [2.05, 4.69) is 10.1 Å². The molecule has 0 amide bonds. The molecule has 0 aromatic carbocycles. The first-order valence-electron chi connectivity index (χ1n) is 4.32. The van der Waals surface area contributed by atoms with Gasteiger partial charge >= 0.3 is 0 Å². The second-order valence-electron chi connectivity index (χ2n) is 3.17. The van der Waals surface area contributed by atoms with Crippen molar-refractivity contribution in [3.05, 3.63) is 40.8 Å². The Balaban J connectivity index is 2.54. The predicted octanol–water partition coefficient (Wildman–Crippen LogP) is 2.54. The summed E-state index contributed by atoms with van der Waals surface area (Å²) in [5, 5.41) is 4.99. The van der Waals surface area contributed by atoms with Gasteiger partial charge in [-0.2, -0.15) is 5.10 Å². The molecule has 0 saturated carbocycles. The van der Waals surface area contributed by atoms with Crippen LogP contribution in [0.3, 0.4) is 0 Å². The van der Waals surface area contributed by atoms with E-state index in [0.717, 1.165) is 17.2 Å². The van der Waals surface area contributed by atoms with Crippen molar-refractivity contribution in [1.82, 2.24) is 14.8 Å². The Bertz CT molecular complexity index is 462. The van der Waals surface area contributed by atoms with E-state index < -0.39 is 0 Å². The first kappa shape index (κ1) is 9.21. The summed E-state index contributed by atoms with van der Waals surface area (Å²) in [6, 6.07) is 5.54. The maximum Gasteiger partial charge on any atom is 0.155 e. The molecule has 14 heavy (non-hydrogen) atoms. The highest BCUT2D eigenvalue weighted by Crippen LogP contribution is 2.13. The summed E-state index contributed by atoms with van der Waals surface area (Å²) in [5.41, 5.74) is 2.03. The Kier molecular flexibility index (Phi) is 2.25. The van der Waals surface area contributed by atoms with Crippen molar-refractivity contribution in [2.75, 3.05) is 0 Å². The number of halogens is 1. The fraction of sp³-hybridized carbons (Fsp3) is 0.200. The molecule has 0 aliphatic rings. The summed E-state index contributed by atoms with van der Waals surface area (Å²) in [4.78, 5) is 4.20. The molecule has 2 aromatic rings. The minimum Gasteiger partial charge on any atom is -0.237 e. The molecule has 0 spiro atoms. The van der Waals surface area contributed by atoms with Gasteiger partial charge < -0.3 is 0 Å². The van der Waals surface area contributed by atoms with Gasteiger partial charge in [-0.1, -0.05) is 11.6 Å². The van der Waals surface area contributed by atoms with E-state index in [4.69, 9.17) is 11.6 Å². The second kappa shape index (κ2) is 3.42. The summed E-state index contributed by atoms with van der Waals surface area (Å²) >= 11 is 5.87. The maximum absolute atomic E-state index is 5.87. The van der Waals surface area contributed by atoms with E-state index in [-0.39, 0.29) is 0 Å². The number of aryl methyl sites for hydroxylation is 2. The maximum atomic E-state index is 5.87. The van der Waals surface area contributed by atoms with Crippen LogP contribution in [0.4, 0.5) is 0 Å². The number of hydrogen-bond acceptors (Lipinski definition) is 2. The molecule has 0 aliphatic carbocycles. The molecule has 0 atom stereocenters. The van der Waals surface area contributed by atoms with Gasteiger partial charge in [0.2, 0.25) is 0 Å². The molecule has 2 rings (SSSR count). The molecule has 0 N–H and O–H groups in total. The van der Waals surface area contributed by atoms with Gasteiger partial charge in [-0.3, -0.25) is 0 Å². The largest absolute Gasteiger partial charge is 0.237 e. The molecule has 0 bridgehead atoms. The normalized spacial score (nSPS) is 10.5. The average Bonchev–Trinajstić information content (AvgIpc) is 2.45. The van der Waals surface area contributed by atoms with Crippen molar-refractivity contribution in [3.8, 4) is 5.82 Å². The minimum absolute atomic E-state index is 0.669. The van der Waals surface area contributed by atoms with E-state index in [1.54, 1.807) is 23.0 Å². The van der Waals surface area contributed by atoms with E-state index in [0.29, 0.717) is 5.02 Å². The lowest BCUT2D eigenvalue weighted by molar-refractivity contribution is 0.806. The Morgan fingerprint density at radius 3 is 2.64 bits per heavy atom. The van der Waals surface area contributed by atoms with Crippen molar-refractivity contribution >= 4 is 11.6 Å². The Morgan fingerprint density at radius 2 is 2.07 bits per heavy atom. The van der Waals surface area contributed by atoms with Crippen molar-refractivity contribution in [2.24, 2.45) is 0 Å². The quantitative estimate of drug-likeness (QED) is 0.720. The van der Waals surface area contributed by atoms with Gasteiger partial charge in [-0.05, 0) is 26.0 Å². The fourth-order valence-electron chi connectivity index (χ4n) is 1.37. The first-order chi connectivity index (χ1) is 6.66. The molecule has 0 radical (unpaired) electrons. The molecule has 0 saturated heterocycles. The van der Waals surface area contributed by atoms with E-state index >= 15 is 0 Å². The topological polar surface area (TPSA) is 30.7 Å². The monoisotopic (exact) mass is 207 g/mol. The summed E-state index contributed by atoms with van der Waals surface area (Å²) in [6.45, 7) is 3.94. The van der Waals surface area contributed by atoms with Crippen LogP contribution >= 0.6 is 11.6 Å². The zero-order chi connectivity index (χ0) is 10.1. The van der Waals surface area contributed by atoms with Crippen LogP contribution in [-0.2, 0) is 0 Å². The number of hydrogen-bond donors (Lipinski definition) is 0. The molecule has 4 heteroatoms. The van der Waals surface area contributed by atoms with Crippen molar-refractivity contribution < 1.29 is 0 Å². The molecule has 2 heterocycles. The van der Waals surface area contributed by atoms with Crippen LogP contribution in [-0.4, -0.2) is 14.8 Å². The summed E-state index contributed by atoms with van der Waals surface area (Å²) in [7, 11) is 0. The Hall–Kier alpha value is -1.35. The van der Waals surface area contributed by atoms with Crippen LogP contribution in [0.5, 0.6) is 0 Å². The van der Waals surface area contributed by atoms with Gasteiger partial charge in [0.25, 0.3) is 0 Å². The third-order valence-electron chi connectivity index (χ3n) is 1.93. The second-order valence-corrected chi connectivity index (χ2v) is 3.61. The number of rotatable bonds is 1. The molecule has 0 aliphatic heterocycles. The zero-order valence-corrected chi connectivity index (χ0v) is 8.78. The highest BCUT2D eigenvalue weighted by Gasteiger charge is 2.04. The molecule has 2 aromatic heterocycles. The zero-order valence-electron chi connectivity index (χ0n) is 8.03. The van der Waals surface area contributed by atoms with Crippen LogP contribution < -0.4 is 0 Å². The SMILES string of the molecule is Cc1cc(C)n(-c2cc(Cl)ccn2)n1. The third-order valence-corrected chi connectivity index (χ3v) is 2.17. The molecule has 72 valence electrons. The van der Waals surface area contributed by atoms with Gasteiger partial charge in [0, 0.05) is 23.0 Å². The lowest BCUT2D eigenvalue weighted by Gasteiger charge is -2.02. The molecular weight excluding hydrogens is 198 g/mol. The van der Waals surface area contributed by atoms with Crippen molar-refractivity contribution in [3.63, 3.8) is 0 Å². The summed E-state index contributed by atoms with van der Waals surface area (Å²) in [5.74, 6) is 0.753. The highest BCUT2D eigenvalue weighted by atomic mass is 35.5. The number of pyridine rings is 1. The van der Waals surface area contributed by atoms with Crippen LogP contribution in [0, 0.1) is 13.8 Å². The molecule has 0 fully saturated rings. The van der Waals surface area contributed by atoms with Crippen LogP contribution in [0.15, 0.2) is 24.4 Å². The predicted molar refractivity (Wildman–Crippen MR) is 55.8 cm³/mol. The molecular formula is C10H10ClN3. The smallest absolute Gasteiger partial charge is 0.155 e. The van der Waals surface area contributed by atoms with Gasteiger partial charge in [0.1, 0.15) is 0 Å². The average molecular weight is 208 g/mol. The van der Waals surface area contributed by atoms with Crippen molar-refractivity contribution in [1.29, 1.82) is 0 Å². The highest BCUT2D eigenvalue weighted by molar-refractivity contribution is 6.30. The molecule has 0 unspecified atom stereocenters. The Labute approximate surface area is 87.3 Å². The number of nitrogens with zero attached hydrogens (tertiary/aromatic N) is 3.